The van der Waals surface area contributed by atoms with E-state index in [0.29, 0.717) is 29.2 Å². The molecule has 0 heterocycles. The van der Waals surface area contributed by atoms with Gasteiger partial charge in [-0.2, -0.15) is 0 Å². The fourth-order valence-electron chi connectivity index (χ4n) is 6.94. The highest BCUT2D eigenvalue weighted by molar-refractivity contribution is 6.46. The van der Waals surface area contributed by atoms with Crippen LogP contribution in [-0.4, -0.2) is 17.5 Å². The van der Waals surface area contributed by atoms with Crippen LogP contribution in [0.25, 0.3) is 11.1 Å². The van der Waals surface area contributed by atoms with Crippen molar-refractivity contribution in [3.63, 3.8) is 0 Å². The lowest BCUT2D eigenvalue weighted by atomic mass is 9.70. The first-order valence-electron chi connectivity index (χ1n) is 15.7. The average Bonchev–Trinajstić information content (AvgIpc) is 3.30. The molecule has 0 N–H and O–H groups in total. The number of hydrogen-bond donors (Lipinski definition) is 0. The maximum absolute atomic E-state index is 14.2. The van der Waals surface area contributed by atoms with Gasteiger partial charge in [0.1, 0.15) is 5.71 Å². The lowest BCUT2D eigenvalue weighted by molar-refractivity contribution is 0.0514. The monoisotopic (exact) mass is 549 g/mol. The summed E-state index contributed by atoms with van der Waals surface area (Å²) in [4.78, 5) is 32.3. The lowest BCUT2D eigenvalue weighted by Crippen LogP contribution is -2.26. The number of oxime groups is 1. The third-order valence-electron chi connectivity index (χ3n) is 9.16. The number of unbranched alkanes of at least 4 members (excludes halogenated alkanes) is 2. The summed E-state index contributed by atoms with van der Waals surface area (Å²) in [5.41, 5.74) is 6.52. The Labute approximate surface area is 245 Å². The van der Waals surface area contributed by atoms with E-state index in [-0.39, 0.29) is 11.2 Å². The van der Waals surface area contributed by atoms with Gasteiger partial charge >= 0.3 is 5.97 Å². The zero-order chi connectivity index (χ0) is 28.7. The summed E-state index contributed by atoms with van der Waals surface area (Å²) in [6, 6.07) is 23.8. The maximum atomic E-state index is 14.2. The number of nitrogens with zero attached hydrogens (tertiary/aromatic N) is 1. The van der Waals surface area contributed by atoms with Gasteiger partial charge in [-0.3, -0.25) is 4.79 Å². The van der Waals surface area contributed by atoms with Crippen LogP contribution < -0.4 is 0 Å². The van der Waals surface area contributed by atoms with E-state index in [1.54, 1.807) is 24.3 Å². The quantitative estimate of drug-likeness (QED) is 0.0978. The molecule has 0 unspecified atom stereocenters. The molecule has 3 aromatic rings. The van der Waals surface area contributed by atoms with Gasteiger partial charge in [0.05, 0.1) is 5.56 Å². The number of benzene rings is 3. The van der Waals surface area contributed by atoms with Gasteiger partial charge in [-0.1, -0.05) is 131 Å². The number of ketones is 1. The van der Waals surface area contributed by atoms with Crippen LogP contribution >= 0.6 is 0 Å². The van der Waals surface area contributed by atoms with Gasteiger partial charge in [-0.25, -0.2) is 4.79 Å². The summed E-state index contributed by atoms with van der Waals surface area (Å²) in [6.45, 7) is 4.50. The summed E-state index contributed by atoms with van der Waals surface area (Å²) in [5, 5.41) is 4.26. The Morgan fingerprint density at radius 3 is 2.15 bits per heavy atom. The van der Waals surface area contributed by atoms with E-state index in [2.05, 4.69) is 55.4 Å². The molecule has 0 amide bonds. The molecule has 3 aromatic carbocycles. The molecule has 5 rings (SSSR count). The van der Waals surface area contributed by atoms with Crippen molar-refractivity contribution in [2.24, 2.45) is 11.1 Å². The third kappa shape index (κ3) is 6.22. The van der Waals surface area contributed by atoms with Gasteiger partial charge in [0.25, 0.3) is 0 Å². The van der Waals surface area contributed by atoms with Crippen LogP contribution in [0.3, 0.4) is 0 Å². The Morgan fingerprint density at radius 2 is 1.44 bits per heavy atom. The van der Waals surface area contributed by atoms with Crippen molar-refractivity contribution in [3.05, 3.63) is 95.1 Å². The highest BCUT2D eigenvalue weighted by atomic mass is 16.7. The number of rotatable bonds is 12. The van der Waals surface area contributed by atoms with Gasteiger partial charge in [-0.05, 0) is 65.6 Å². The van der Waals surface area contributed by atoms with Gasteiger partial charge in [0.2, 0.25) is 5.78 Å². The molecule has 1 saturated carbocycles. The summed E-state index contributed by atoms with van der Waals surface area (Å²) in [6.07, 6.45) is 13.0. The van der Waals surface area contributed by atoms with Crippen LogP contribution in [0.2, 0.25) is 0 Å². The van der Waals surface area contributed by atoms with Crippen molar-refractivity contribution in [1.29, 1.82) is 0 Å². The molecule has 0 radical (unpaired) electrons. The molecular formula is C37H43NO3. The molecule has 0 aromatic heterocycles. The molecule has 41 heavy (non-hydrogen) atoms. The van der Waals surface area contributed by atoms with Gasteiger partial charge in [0.15, 0.2) is 0 Å². The van der Waals surface area contributed by atoms with Crippen molar-refractivity contribution >= 4 is 17.5 Å². The Kier molecular flexibility index (Phi) is 9.49. The van der Waals surface area contributed by atoms with E-state index >= 15 is 0 Å². The Morgan fingerprint density at radius 1 is 0.780 bits per heavy atom. The molecule has 214 valence electrons. The fourth-order valence-corrected chi connectivity index (χ4v) is 6.94. The smallest absolute Gasteiger partial charge is 0.312 e. The van der Waals surface area contributed by atoms with Crippen LogP contribution in [0, 0.1) is 5.92 Å². The standard InChI is InChI=1S/C37H43NO3/c1-3-5-23-37(24-6-4-2)32-20-14-13-19-30(32)31-22-21-29(26-33(31)37)35(39)34(25-27-15-9-7-10-16-27)38-41-36(40)28-17-11-8-12-18-28/h8,11-14,17-22,26-27H,3-7,9-10,15-16,23-25H2,1-2H3/b38-34+. The molecule has 2 aliphatic rings. The minimum Gasteiger partial charge on any atom is -0.312 e. The third-order valence-corrected chi connectivity index (χ3v) is 9.16. The minimum atomic E-state index is -0.540. The molecular weight excluding hydrogens is 506 g/mol. The number of hydrogen-bond acceptors (Lipinski definition) is 4. The van der Waals surface area contributed by atoms with Crippen LogP contribution in [-0.2, 0) is 10.3 Å². The predicted octanol–water partition coefficient (Wildman–Crippen LogP) is 9.70. The zero-order valence-corrected chi connectivity index (χ0v) is 24.7. The normalized spacial score (nSPS) is 16.2. The van der Waals surface area contributed by atoms with E-state index in [9.17, 15) is 9.59 Å². The van der Waals surface area contributed by atoms with Gasteiger partial charge in [0, 0.05) is 11.0 Å². The average molecular weight is 550 g/mol. The Balaban J connectivity index is 1.51. The number of carbonyl (C=O) groups is 2. The van der Waals surface area contributed by atoms with Crippen molar-refractivity contribution in [2.75, 3.05) is 0 Å². The second-order valence-electron chi connectivity index (χ2n) is 11.9. The van der Waals surface area contributed by atoms with Crippen molar-refractivity contribution in [1.82, 2.24) is 0 Å². The lowest BCUT2D eigenvalue weighted by Gasteiger charge is -2.33. The molecule has 1 fully saturated rings. The van der Waals surface area contributed by atoms with Crippen LogP contribution in [0.5, 0.6) is 0 Å². The molecule has 0 aliphatic heterocycles. The van der Waals surface area contributed by atoms with Gasteiger partial charge < -0.3 is 4.84 Å². The summed E-state index contributed by atoms with van der Waals surface area (Å²) in [7, 11) is 0. The van der Waals surface area contributed by atoms with E-state index in [4.69, 9.17) is 4.84 Å². The number of fused-ring (bicyclic) bond motifs is 3. The molecule has 0 spiro atoms. The fraction of sp³-hybridized carbons (Fsp3) is 0.432. The molecule has 0 atom stereocenters. The number of Topliss-reactive ketones (excluding diaryl/α,β-unsaturated/α-hetero) is 1. The zero-order valence-electron chi connectivity index (χ0n) is 24.7. The highest BCUT2D eigenvalue weighted by Gasteiger charge is 2.42. The van der Waals surface area contributed by atoms with E-state index in [1.165, 1.54) is 41.5 Å². The highest BCUT2D eigenvalue weighted by Crippen LogP contribution is 2.54. The topological polar surface area (TPSA) is 55.7 Å². The number of carbonyl (C=O) groups excluding carboxylic acids is 2. The molecule has 0 bridgehead atoms. The molecule has 4 heteroatoms. The molecule has 2 aliphatic carbocycles. The minimum absolute atomic E-state index is 0.0886. The van der Waals surface area contributed by atoms with Gasteiger partial charge in [-0.15, -0.1) is 0 Å². The van der Waals surface area contributed by atoms with Crippen LogP contribution in [0.4, 0.5) is 0 Å². The van der Waals surface area contributed by atoms with Crippen molar-refractivity contribution < 1.29 is 14.4 Å². The van der Waals surface area contributed by atoms with E-state index in [0.717, 1.165) is 51.4 Å². The summed E-state index contributed by atoms with van der Waals surface area (Å²) < 4.78 is 0. The van der Waals surface area contributed by atoms with Crippen molar-refractivity contribution in [2.45, 2.75) is 96.3 Å². The van der Waals surface area contributed by atoms with Crippen LogP contribution in [0.1, 0.15) is 123 Å². The second kappa shape index (κ2) is 13.4. The first kappa shape index (κ1) is 29.0. The second-order valence-corrected chi connectivity index (χ2v) is 11.9. The Bertz CT molecular complexity index is 1380. The maximum Gasteiger partial charge on any atom is 0.365 e. The first-order chi connectivity index (χ1) is 20.1. The van der Waals surface area contributed by atoms with Crippen LogP contribution in [0.15, 0.2) is 78.0 Å². The largest absolute Gasteiger partial charge is 0.365 e. The first-order valence-corrected chi connectivity index (χ1v) is 15.7. The van der Waals surface area contributed by atoms with Crippen molar-refractivity contribution in [3.8, 4) is 11.1 Å². The molecule has 4 nitrogen and oxygen atoms in total. The SMILES string of the molecule is CCCCC1(CCCC)c2ccccc2-c2ccc(C(=O)/C(CC3CCCCC3)=N/OC(=O)c3ccccc3)cc21. The Hall–Kier alpha value is -3.53. The summed E-state index contributed by atoms with van der Waals surface area (Å²) in [5.74, 6) is -0.286. The molecule has 0 saturated heterocycles. The summed E-state index contributed by atoms with van der Waals surface area (Å²) >= 11 is 0. The van der Waals surface area contributed by atoms with E-state index < -0.39 is 5.97 Å². The predicted molar refractivity (Wildman–Crippen MR) is 167 cm³/mol. The van der Waals surface area contributed by atoms with E-state index in [1.807, 2.05) is 12.1 Å².